The van der Waals surface area contributed by atoms with Gasteiger partial charge in [-0.25, -0.2) is 4.79 Å². The van der Waals surface area contributed by atoms with E-state index in [1.54, 1.807) is 6.92 Å². The monoisotopic (exact) mass is 227 g/mol. The summed E-state index contributed by atoms with van der Waals surface area (Å²) in [7, 11) is 0. The Morgan fingerprint density at radius 2 is 2.06 bits per heavy atom. The zero-order valence-corrected chi connectivity index (χ0v) is 9.95. The van der Waals surface area contributed by atoms with Crippen LogP contribution in [0.15, 0.2) is 0 Å². The van der Waals surface area contributed by atoms with Gasteiger partial charge in [0, 0.05) is 6.04 Å². The average molecular weight is 227 g/mol. The Morgan fingerprint density at radius 1 is 1.38 bits per heavy atom. The molecule has 16 heavy (non-hydrogen) atoms. The number of urea groups is 1. The van der Waals surface area contributed by atoms with E-state index in [4.69, 9.17) is 5.73 Å². The van der Waals surface area contributed by atoms with Crippen LogP contribution in [-0.4, -0.2) is 24.0 Å². The molecule has 0 aliphatic heterocycles. The predicted molar refractivity (Wildman–Crippen MR) is 61.7 cm³/mol. The Hall–Kier alpha value is -1.26. The van der Waals surface area contributed by atoms with E-state index in [1.807, 2.05) is 0 Å². The average Bonchev–Trinajstić information content (AvgIpc) is 2.16. The molecule has 1 fully saturated rings. The van der Waals surface area contributed by atoms with Crippen LogP contribution in [0.5, 0.6) is 0 Å². The second kappa shape index (κ2) is 5.72. The maximum atomic E-state index is 11.7. The molecule has 0 spiro atoms. The lowest BCUT2D eigenvalue weighted by molar-refractivity contribution is -0.123. The molecule has 0 aromatic rings. The number of primary amides is 1. The van der Waals surface area contributed by atoms with Crippen molar-refractivity contribution in [1.82, 2.24) is 10.6 Å². The highest BCUT2D eigenvalue weighted by molar-refractivity contribution is 5.86. The fourth-order valence-corrected chi connectivity index (χ4v) is 2.17. The van der Waals surface area contributed by atoms with Gasteiger partial charge < -0.3 is 16.4 Å². The summed E-state index contributed by atoms with van der Waals surface area (Å²) in [4.78, 5) is 22.3. The van der Waals surface area contributed by atoms with Crippen molar-refractivity contribution < 1.29 is 9.59 Å². The lowest BCUT2D eigenvalue weighted by Gasteiger charge is -2.28. The van der Waals surface area contributed by atoms with E-state index in [1.165, 1.54) is 6.42 Å². The molecular formula is C11H21N3O2. The van der Waals surface area contributed by atoms with Crippen LogP contribution < -0.4 is 16.4 Å². The third-order valence-corrected chi connectivity index (χ3v) is 3.03. The summed E-state index contributed by atoms with van der Waals surface area (Å²) in [6, 6.07) is -0.984. The van der Waals surface area contributed by atoms with Gasteiger partial charge in [-0.2, -0.15) is 0 Å². The highest BCUT2D eigenvalue weighted by Crippen LogP contribution is 2.23. The van der Waals surface area contributed by atoms with Crippen LogP contribution in [-0.2, 0) is 4.79 Å². The quantitative estimate of drug-likeness (QED) is 0.664. The number of carbonyl (C=O) groups excluding carboxylic acids is 2. The molecule has 0 heterocycles. The first kappa shape index (κ1) is 12.8. The summed E-state index contributed by atoms with van der Waals surface area (Å²) in [5, 5.41) is 5.32. The zero-order chi connectivity index (χ0) is 12.1. The van der Waals surface area contributed by atoms with Crippen molar-refractivity contribution in [3.05, 3.63) is 0 Å². The number of amides is 3. The predicted octanol–water partition coefficient (Wildman–Crippen LogP) is 0.738. The minimum Gasteiger partial charge on any atom is -0.352 e. The molecular weight excluding hydrogens is 206 g/mol. The van der Waals surface area contributed by atoms with Gasteiger partial charge >= 0.3 is 6.03 Å². The molecule has 92 valence electrons. The Balaban J connectivity index is 2.35. The second-order valence-corrected chi connectivity index (χ2v) is 4.71. The molecule has 5 heteroatoms. The first-order valence-corrected chi connectivity index (χ1v) is 5.85. The highest BCUT2D eigenvalue weighted by Gasteiger charge is 2.22. The lowest BCUT2D eigenvalue weighted by Crippen LogP contribution is -2.50. The van der Waals surface area contributed by atoms with Crippen LogP contribution in [0.4, 0.5) is 4.79 Å². The number of carbonyl (C=O) groups is 2. The van der Waals surface area contributed by atoms with Gasteiger partial charge in [0.2, 0.25) is 5.91 Å². The van der Waals surface area contributed by atoms with Crippen molar-refractivity contribution in [2.45, 2.75) is 51.6 Å². The summed E-state index contributed by atoms with van der Waals surface area (Å²) in [5.41, 5.74) is 4.96. The van der Waals surface area contributed by atoms with Crippen LogP contribution in [0.3, 0.4) is 0 Å². The van der Waals surface area contributed by atoms with Gasteiger partial charge in [0.05, 0.1) is 0 Å². The molecule has 3 atom stereocenters. The van der Waals surface area contributed by atoms with Crippen molar-refractivity contribution in [3.8, 4) is 0 Å². The highest BCUT2D eigenvalue weighted by atomic mass is 16.2. The Labute approximate surface area is 96.1 Å². The van der Waals surface area contributed by atoms with Gasteiger partial charge in [0.1, 0.15) is 6.04 Å². The van der Waals surface area contributed by atoms with Crippen molar-refractivity contribution in [3.63, 3.8) is 0 Å². The van der Waals surface area contributed by atoms with Crippen molar-refractivity contribution in [1.29, 1.82) is 0 Å². The Bertz CT molecular complexity index is 268. The minimum absolute atomic E-state index is 0.155. The summed E-state index contributed by atoms with van der Waals surface area (Å²) in [6.07, 6.45) is 4.44. The van der Waals surface area contributed by atoms with Gasteiger partial charge in [-0.1, -0.05) is 19.8 Å². The van der Waals surface area contributed by atoms with Crippen LogP contribution in [0, 0.1) is 5.92 Å². The second-order valence-electron chi connectivity index (χ2n) is 4.71. The van der Waals surface area contributed by atoms with E-state index in [0.717, 1.165) is 19.3 Å². The van der Waals surface area contributed by atoms with Crippen LogP contribution in [0.2, 0.25) is 0 Å². The first-order valence-electron chi connectivity index (χ1n) is 5.85. The van der Waals surface area contributed by atoms with Gasteiger partial charge in [-0.3, -0.25) is 4.79 Å². The third-order valence-electron chi connectivity index (χ3n) is 3.03. The van der Waals surface area contributed by atoms with Crippen molar-refractivity contribution in [2.75, 3.05) is 0 Å². The molecule has 5 nitrogen and oxygen atoms in total. The summed E-state index contributed by atoms with van der Waals surface area (Å²) in [5.74, 6) is 0.511. The van der Waals surface area contributed by atoms with Crippen LogP contribution in [0.25, 0.3) is 0 Å². The molecule has 0 aromatic carbocycles. The van der Waals surface area contributed by atoms with E-state index in [0.29, 0.717) is 5.92 Å². The summed E-state index contributed by atoms with van der Waals surface area (Å²) < 4.78 is 0. The molecule has 0 bridgehead atoms. The van der Waals surface area contributed by atoms with E-state index in [2.05, 4.69) is 17.6 Å². The van der Waals surface area contributed by atoms with Crippen molar-refractivity contribution in [2.24, 2.45) is 11.7 Å². The Kier molecular flexibility index (Phi) is 4.58. The molecule has 0 saturated heterocycles. The molecule has 0 aromatic heterocycles. The smallest absolute Gasteiger partial charge is 0.312 e. The first-order chi connectivity index (χ1) is 7.49. The van der Waals surface area contributed by atoms with Crippen molar-refractivity contribution >= 4 is 11.9 Å². The van der Waals surface area contributed by atoms with E-state index in [9.17, 15) is 9.59 Å². The maximum Gasteiger partial charge on any atom is 0.312 e. The van der Waals surface area contributed by atoms with Gasteiger partial charge in [0.15, 0.2) is 0 Å². The lowest BCUT2D eigenvalue weighted by atomic mass is 9.87. The number of rotatable bonds is 3. The number of nitrogens with two attached hydrogens (primary N) is 1. The summed E-state index contributed by atoms with van der Waals surface area (Å²) >= 11 is 0. The summed E-state index contributed by atoms with van der Waals surface area (Å²) in [6.45, 7) is 3.83. The SMILES string of the molecule is CC1CCCC(NC(=O)C(C)NC(N)=O)C1. The minimum atomic E-state index is -0.667. The zero-order valence-electron chi connectivity index (χ0n) is 9.95. The fraction of sp³-hybridized carbons (Fsp3) is 0.818. The molecule has 3 unspecified atom stereocenters. The number of hydrogen-bond acceptors (Lipinski definition) is 2. The van der Waals surface area contributed by atoms with Gasteiger partial charge in [-0.05, 0) is 25.7 Å². The largest absolute Gasteiger partial charge is 0.352 e. The van der Waals surface area contributed by atoms with E-state index in [-0.39, 0.29) is 11.9 Å². The number of hydrogen-bond donors (Lipinski definition) is 3. The molecule has 1 aliphatic carbocycles. The fourth-order valence-electron chi connectivity index (χ4n) is 2.17. The third kappa shape index (κ3) is 4.08. The van der Waals surface area contributed by atoms with Gasteiger partial charge in [0.25, 0.3) is 0 Å². The van der Waals surface area contributed by atoms with E-state index < -0.39 is 12.1 Å². The molecule has 1 rings (SSSR count). The van der Waals surface area contributed by atoms with E-state index >= 15 is 0 Å². The maximum absolute atomic E-state index is 11.7. The standard InChI is InChI=1S/C11H21N3O2/c1-7-4-3-5-9(6-7)14-10(15)8(2)13-11(12)16/h7-9H,3-6H2,1-2H3,(H,14,15)(H3,12,13,16). The normalized spacial score (nSPS) is 26.9. The van der Waals surface area contributed by atoms with Gasteiger partial charge in [-0.15, -0.1) is 0 Å². The molecule has 1 aliphatic rings. The van der Waals surface area contributed by atoms with Crippen LogP contribution >= 0.6 is 0 Å². The topological polar surface area (TPSA) is 84.2 Å². The molecule has 0 radical (unpaired) electrons. The van der Waals surface area contributed by atoms with Crippen LogP contribution in [0.1, 0.15) is 39.5 Å². The molecule has 3 amide bonds. The number of nitrogens with one attached hydrogen (secondary N) is 2. The molecule has 1 saturated carbocycles. The Morgan fingerprint density at radius 3 is 2.62 bits per heavy atom. The molecule has 4 N–H and O–H groups in total.